The smallest absolute Gasteiger partial charge is 0.196 e. The summed E-state index contributed by atoms with van der Waals surface area (Å²) >= 11 is 0. The molecule has 0 aliphatic heterocycles. The van der Waals surface area contributed by atoms with E-state index in [9.17, 15) is 4.80 Å². The van der Waals surface area contributed by atoms with Gasteiger partial charge < -0.3 is 8.91 Å². The second kappa shape index (κ2) is 12.9. The van der Waals surface area contributed by atoms with Gasteiger partial charge in [-0.15, -0.1) is 0 Å². The van der Waals surface area contributed by atoms with E-state index in [2.05, 4.69) is 83.1 Å². The van der Waals surface area contributed by atoms with Gasteiger partial charge in [-0.1, -0.05) is 83.1 Å². The largest absolute Gasteiger partial charge is 0.455 e. The summed E-state index contributed by atoms with van der Waals surface area (Å²) in [7, 11) is -4.69. The van der Waals surface area contributed by atoms with Crippen LogP contribution in [0.25, 0.3) is 0 Å². The topological polar surface area (TPSA) is 29.5 Å². The van der Waals surface area contributed by atoms with Gasteiger partial charge >= 0.3 is 0 Å². The maximum absolute atomic E-state index is 10.4. The highest BCUT2D eigenvalue weighted by Crippen LogP contribution is 2.38. The first-order valence-corrected chi connectivity index (χ1v) is 18.6. The first-order valence-electron chi connectivity index (χ1n) is 11.3. The Labute approximate surface area is 169 Å². The molecule has 0 unspecified atom stereocenters. The Morgan fingerprint density at radius 1 is 0.538 bits per heavy atom. The molecular formula is C21H52O2Si3. The van der Waals surface area contributed by atoms with E-state index in [1.165, 1.54) is 36.3 Å². The van der Waals surface area contributed by atoms with Crippen molar-refractivity contribution >= 4 is 25.0 Å². The first-order chi connectivity index (χ1) is 11.9. The third-order valence-electron chi connectivity index (χ3n) is 7.07. The Morgan fingerprint density at radius 2 is 0.731 bits per heavy atom. The lowest BCUT2D eigenvalue weighted by atomic mass is 10.5. The Bertz CT molecular complexity index is 293. The van der Waals surface area contributed by atoms with Gasteiger partial charge in [0.1, 0.15) is 0 Å². The molecule has 0 aromatic heterocycles. The summed E-state index contributed by atoms with van der Waals surface area (Å²) in [6.07, 6.45) is 0. The summed E-state index contributed by atoms with van der Waals surface area (Å²) < 4.78 is 6.80. The molecule has 160 valence electrons. The molecule has 2 nitrogen and oxygen atoms in total. The molecule has 0 spiro atoms. The molecule has 0 aromatic carbocycles. The zero-order valence-corrected chi connectivity index (χ0v) is 23.3. The van der Waals surface area contributed by atoms with Crippen LogP contribution < -0.4 is 0 Å². The van der Waals surface area contributed by atoms with Gasteiger partial charge in [0.25, 0.3) is 0 Å². The molecule has 5 heteroatoms. The molecule has 0 radical (unpaired) electrons. The normalized spacial score (nSPS) is 13.4. The van der Waals surface area contributed by atoms with Crippen molar-refractivity contribution in [3.05, 3.63) is 0 Å². The molecule has 0 saturated carbocycles. The van der Waals surface area contributed by atoms with E-state index < -0.39 is 25.0 Å². The van der Waals surface area contributed by atoms with Crippen LogP contribution in [0.5, 0.6) is 0 Å². The molecule has 0 aliphatic carbocycles. The standard InChI is InChI=1S/C12H30OSi2.C9H22OSi/c1-7-14(8-2,9-3)13-15(10-4,11-5)12-6;1-7(2)11(10,8(3)4)9(5)6/h7-12H2,1-6H3;7-10H,1-6H3. The Morgan fingerprint density at radius 3 is 0.808 bits per heavy atom. The van der Waals surface area contributed by atoms with Crippen molar-refractivity contribution in [1.82, 2.24) is 0 Å². The fraction of sp³-hybridized carbons (Fsp3) is 1.00. The monoisotopic (exact) mass is 420 g/mol. The Balaban J connectivity index is 0. The van der Waals surface area contributed by atoms with Gasteiger partial charge in [-0.25, -0.2) is 0 Å². The van der Waals surface area contributed by atoms with Crippen LogP contribution in [0.1, 0.15) is 83.1 Å². The van der Waals surface area contributed by atoms with Gasteiger partial charge in [0.15, 0.2) is 25.0 Å². The van der Waals surface area contributed by atoms with Crippen molar-refractivity contribution in [1.29, 1.82) is 0 Å². The summed E-state index contributed by atoms with van der Waals surface area (Å²) in [5.74, 6) is 0. The van der Waals surface area contributed by atoms with E-state index in [4.69, 9.17) is 4.12 Å². The molecule has 0 aromatic rings. The second-order valence-corrected chi connectivity index (χ2v) is 24.0. The van der Waals surface area contributed by atoms with E-state index in [0.717, 1.165) is 0 Å². The molecule has 0 saturated heterocycles. The fourth-order valence-corrected chi connectivity index (χ4v) is 18.5. The third-order valence-corrected chi connectivity index (χ3v) is 23.8. The van der Waals surface area contributed by atoms with Gasteiger partial charge in [-0.3, -0.25) is 0 Å². The van der Waals surface area contributed by atoms with E-state index in [0.29, 0.717) is 16.6 Å². The van der Waals surface area contributed by atoms with Gasteiger partial charge in [0, 0.05) is 0 Å². The zero-order chi connectivity index (χ0) is 21.2. The molecule has 0 fully saturated rings. The highest BCUT2D eigenvalue weighted by atomic mass is 28.4. The summed E-state index contributed by atoms with van der Waals surface area (Å²) in [6, 6.07) is 7.80. The SMILES string of the molecule is CC(C)[Si](O)(C(C)C)C(C)C.CC[Si](CC)(CC)O[Si](CC)(CC)CC. The number of rotatable bonds is 11. The number of hydrogen-bond acceptors (Lipinski definition) is 2. The van der Waals surface area contributed by atoms with Crippen LogP contribution in [0, 0.1) is 0 Å². The minimum absolute atomic E-state index is 0.475. The van der Waals surface area contributed by atoms with E-state index in [1.807, 2.05) is 0 Å². The molecule has 0 bridgehead atoms. The van der Waals surface area contributed by atoms with Crippen LogP contribution in [-0.4, -0.2) is 29.7 Å². The van der Waals surface area contributed by atoms with E-state index >= 15 is 0 Å². The van der Waals surface area contributed by atoms with Gasteiger partial charge in [-0.2, -0.15) is 0 Å². The first kappa shape index (κ1) is 28.8. The summed E-state index contributed by atoms with van der Waals surface area (Å²) in [5, 5.41) is 0. The average molecular weight is 421 g/mol. The quantitative estimate of drug-likeness (QED) is 0.341. The van der Waals surface area contributed by atoms with Crippen LogP contribution in [0.3, 0.4) is 0 Å². The highest BCUT2D eigenvalue weighted by Gasteiger charge is 2.41. The van der Waals surface area contributed by atoms with Crippen LogP contribution in [0.2, 0.25) is 52.9 Å². The van der Waals surface area contributed by atoms with Gasteiger partial charge in [-0.05, 0) is 52.9 Å². The van der Waals surface area contributed by atoms with Crippen molar-refractivity contribution in [3.8, 4) is 0 Å². The predicted octanol–water partition coefficient (Wildman–Crippen LogP) is 8.17. The lowest BCUT2D eigenvalue weighted by Crippen LogP contribution is -2.49. The van der Waals surface area contributed by atoms with Gasteiger partial charge in [0.2, 0.25) is 0 Å². The van der Waals surface area contributed by atoms with Crippen LogP contribution >= 0.6 is 0 Å². The third kappa shape index (κ3) is 7.53. The van der Waals surface area contributed by atoms with Crippen molar-refractivity contribution in [2.24, 2.45) is 0 Å². The van der Waals surface area contributed by atoms with Crippen molar-refractivity contribution in [2.45, 2.75) is 136 Å². The minimum Gasteiger partial charge on any atom is -0.455 e. The summed E-state index contributed by atoms with van der Waals surface area (Å²) in [6.45, 7) is 26.9. The van der Waals surface area contributed by atoms with Crippen molar-refractivity contribution in [3.63, 3.8) is 0 Å². The Hall–Kier alpha value is 0.571. The van der Waals surface area contributed by atoms with Gasteiger partial charge in [0.05, 0.1) is 0 Å². The summed E-state index contributed by atoms with van der Waals surface area (Å²) in [5.41, 5.74) is 1.42. The lowest BCUT2D eigenvalue weighted by Gasteiger charge is -2.40. The number of hydrogen-bond donors (Lipinski definition) is 1. The molecule has 0 rings (SSSR count). The van der Waals surface area contributed by atoms with Crippen LogP contribution in [-0.2, 0) is 4.12 Å². The maximum Gasteiger partial charge on any atom is 0.196 e. The molecule has 1 N–H and O–H groups in total. The zero-order valence-electron chi connectivity index (χ0n) is 20.3. The molecule has 26 heavy (non-hydrogen) atoms. The highest BCUT2D eigenvalue weighted by molar-refractivity contribution is 6.87. The van der Waals surface area contributed by atoms with E-state index in [1.54, 1.807) is 0 Å². The molecular weight excluding hydrogens is 368 g/mol. The molecule has 0 heterocycles. The molecule has 0 aliphatic rings. The molecule has 0 amide bonds. The minimum atomic E-state index is -1.98. The van der Waals surface area contributed by atoms with Crippen LogP contribution in [0.15, 0.2) is 0 Å². The summed E-state index contributed by atoms with van der Waals surface area (Å²) in [4.78, 5) is 10.4. The maximum atomic E-state index is 10.4. The lowest BCUT2D eigenvalue weighted by molar-refractivity contribution is 0.474. The van der Waals surface area contributed by atoms with Crippen molar-refractivity contribution in [2.75, 3.05) is 0 Å². The average Bonchev–Trinajstić information content (AvgIpc) is 2.63. The van der Waals surface area contributed by atoms with Crippen molar-refractivity contribution < 1.29 is 8.91 Å². The van der Waals surface area contributed by atoms with E-state index in [-0.39, 0.29) is 0 Å². The second-order valence-electron chi connectivity index (χ2n) is 8.94. The Kier molecular flexibility index (Phi) is 14.3. The molecule has 0 atom stereocenters. The van der Waals surface area contributed by atoms with Crippen LogP contribution in [0.4, 0.5) is 0 Å². The predicted molar refractivity (Wildman–Crippen MR) is 129 cm³/mol. The fourth-order valence-electron chi connectivity index (χ4n) is 4.39.